The highest BCUT2D eigenvalue weighted by atomic mass is 16.7. The van der Waals surface area contributed by atoms with E-state index in [9.17, 15) is 30.3 Å². The van der Waals surface area contributed by atoms with Crippen LogP contribution in [-0.4, -0.2) is 87.5 Å². The molecule has 0 aromatic carbocycles. The molecule has 1 saturated heterocycles. The Balaban J connectivity index is 2.16. The molecule has 0 aromatic heterocycles. The normalized spacial score (nSPS) is 20.5. The highest BCUT2D eigenvalue weighted by Crippen LogP contribution is 2.23. The van der Waals surface area contributed by atoms with Gasteiger partial charge in [0.15, 0.2) is 6.29 Å². The lowest BCUT2D eigenvalue weighted by Crippen LogP contribution is -2.60. The summed E-state index contributed by atoms with van der Waals surface area (Å²) in [4.78, 5) is 13.0. The third-order valence-corrected chi connectivity index (χ3v) is 12.6. The van der Waals surface area contributed by atoms with Gasteiger partial charge in [0.25, 0.3) is 0 Å². The Morgan fingerprint density at radius 3 is 1.41 bits per heavy atom. The summed E-state index contributed by atoms with van der Waals surface area (Å²) in [5.74, 6) is -0.144. The topological polar surface area (TPSA) is 149 Å². The minimum Gasteiger partial charge on any atom is -0.394 e. The molecule has 0 saturated carbocycles. The van der Waals surface area contributed by atoms with Gasteiger partial charge < -0.3 is 40.3 Å². The van der Waals surface area contributed by atoms with Crippen molar-refractivity contribution in [3.63, 3.8) is 0 Å². The van der Waals surface area contributed by atoms with Crippen molar-refractivity contribution >= 4 is 5.91 Å². The lowest BCUT2D eigenvalue weighted by Gasteiger charge is -2.40. The molecule has 0 bridgehead atoms. The number of aliphatic hydroxyl groups excluding tert-OH is 5. The summed E-state index contributed by atoms with van der Waals surface area (Å²) in [6.45, 7) is 3.82. The van der Waals surface area contributed by atoms with Crippen LogP contribution < -0.4 is 5.32 Å². The number of hydrogen-bond donors (Lipinski definition) is 6. The first-order valence-corrected chi connectivity index (χ1v) is 26.0. The van der Waals surface area contributed by atoms with E-state index >= 15 is 0 Å². The molecule has 7 atom stereocenters. The molecule has 7 unspecified atom stereocenters. The van der Waals surface area contributed by atoms with Gasteiger partial charge in [-0.05, 0) is 44.9 Å². The number of carbonyl (C=O) groups is 1. The number of allylic oxidation sites excluding steroid dienone is 4. The summed E-state index contributed by atoms with van der Waals surface area (Å²) in [5.41, 5.74) is 0. The van der Waals surface area contributed by atoms with Crippen molar-refractivity contribution in [3.8, 4) is 0 Å². The molecule has 1 rings (SSSR count). The fourth-order valence-electron chi connectivity index (χ4n) is 8.37. The van der Waals surface area contributed by atoms with E-state index in [1.807, 2.05) is 0 Å². The average molecular weight is 866 g/mol. The van der Waals surface area contributed by atoms with Gasteiger partial charge in [0.1, 0.15) is 24.4 Å². The van der Waals surface area contributed by atoms with E-state index < -0.39 is 49.5 Å². The Morgan fingerprint density at radius 1 is 0.557 bits per heavy atom. The number of carbonyl (C=O) groups excluding carboxylic acids is 1. The molecule has 9 nitrogen and oxygen atoms in total. The van der Waals surface area contributed by atoms with Gasteiger partial charge in [-0.2, -0.15) is 0 Å². The van der Waals surface area contributed by atoms with Crippen LogP contribution in [0.15, 0.2) is 24.3 Å². The number of ether oxygens (including phenoxy) is 2. The Labute approximate surface area is 375 Å². The molecule has 1 heterocycles. The van der Waals surface area contributed by atoms with Gasteiger partial charge in [-0.3, -0.25) is 4.79 Å². The number of unbranched alkanes of at least 4 members (excludes halogenated alkanes) is 30. The molecular formula is C52H99NO8. The zero-order valence-corrected chi connectivity index (χ0v) is 39.7. The standard InChI is InChI=1S/C52H99NO8/c1-3-5-7-9-11-13-15-16-17-18-19-20-21-22-23-24-25-26-27-28-29-30-32-34-36-38-40-42-48(56)53-45(44-60-52-51(59)50(58)49(57)47(43-54)61-52)46(55)41-39-37-35-33-31-14-12-10-8-6-4-2/h15-16,18-19,45-47,49-52,54-55,57-59H,3-14,17,20-44H2,1-2H3,(H,53,56)/b16-15-,19-18-. The SMILES string of the molecule is CCCCCCC/C=C\C/C=C\CCCCCCCCCCCCCCCCCC(=O)NC(COC1OC(CO)C(O)C(O)C1O)C(O)CCCCCCCCCCCCC. The predicted octanol–water partition coefficient (Wildman–Crippen LogP) is 11.8. The molecule has 0 aromatic rings. The maximum absolute atomic E-state index is 13.0. The van der Waals surface area contributed by atoms with Crippen LogP contribution in [0.5, 0.6) is 0 Å². The van der Waals surface area contributed by atoms with Gasteiger partial charge in [0.2, 0.25) is 5.91 Å². The third-order valence-electron chi connectivity index (χ3n) is 12.6. The van der Waals surface area contributed by atoms with Gasteiger partial charge in [-0.1, -0.05) is 218 Å². The fourth-order valence-corrected chi connectivity index (χ4v) is 8.37. The highest BCUT2D eigenvalue weighted by Gasteiger charge is 2.44. The smallest absolute Gasteiger partial charge is 0.220 e. The molecule has 6 N–H and O–H groups in total. The number of nitrogens with one attached hydrogen (secondary N) is 1. The second-order valence-corrected chi connectivity index (χ2v) is 18.3. The van der Waals surface area contributed by atoms with E-state index in [0.29, 0.717) is 12.8 Å². The minimum atomic E-state index is -1.55. The van der Waals surface area contributed by atoms with Gasteiger partial charge in [0.05, 0.1) is 25.4 Å². The van der Waals surface area contributed by atoms with Crippen LogP contribution in [0.25, 0.3) is 0 Å². The van der Waals surface area contributed by atoms with E-state index in [2.05, 4.69) is 43.5 Å². The van der Waals surface area contributed by atoms with Gasteiger partial charge in [-0.25, -0.2) is 0 Å². The summed E-state index contributed by atoms with van der Waals surface area (Å²) in [5, 5.41) is 54.4. The molecule has 9 heteroatoms. The van der Waals surface area contributed by atoms with Crippen molar-refractivity contribution in [2.45, 2.75) is 288 Å². The quantitative estimate of drug-likeness (QED) is 0.0262. The van der Waals surface area contributed by atoms with Crippen molar-refractivity contribution in [2.24, 2.45) is 0 Å². The molecule has 1 aliphatic rings. The Bertz CT molecular complexity index is 1010. The van der Waals surface area contributed by atoms with Crippen molar-refractivity contribution in [3.05, 3.63) is 24.3 Å². The van der Waals surface area contributed by atoms with Gasteiger partial charge in [-0.15, -0.1) is 0 Å². The Kier molecular flexibility index (Phi) is 40.3. The maximum atomic E-state index is 13.0. The van der Waals surface area contributed by atoms with Crippen molar-refractivity contribution in [2.75, 3.05) is 13.2 Å². The van der Waals surface area contributed by atoms with Crippen LogP contribution in [0.3, 0.4) is 0 Å². The van der Waals surface area contributed by atoms with Crippen molar-refractivity contribution in [1.29, 1.82) is 0 Å². The van der Waals surface area contributed by atoms with Crippen LogP contribution in [-0.2, 0) is 14.3 Å². The van der Waals surface area contributed by atoms with Crippen LogP contribution in [0.2, 0.25) is 0 Å². The van der Waals surface area contributed by atoms with Crippen molar-refractivity contribution in [1.82, 2.24) is 5.32 Å². The molecular weight excluding hydrogens is 767 g/mol. The number of hydrogen-bond acceptors (Lipinski definition) is 8. The number of amides is 1. The molecule has 61 heavy (non-hydrogen) atoms. The second kappa shape index (κ2) is 42.6. The summed E-state index contributed by atoms with van der Waals surface area (Å²) >= 11 is 0. The van der Waals surface area contributed by atoms with E-state index in [-0.39, 0.29) is 12.5 Å². The lowest BCUT2D eigenvalue weighted by molar-refractivity contribution is -0.302. The first-order chi connectivity index (χ1) is 29.8. The van der Waals surface area contributed by atoms with E-state index in [0.717, 1.165) is 44.9 Å². The number of aliphatic hydroxyl groups is 5. The molecule has 0 spiro atoms. The number of rotatable bonds is 44. The van der Waals surface area contributed by atoms with E-state index in [1.165, 1.54) is 173 Å². The Morgan fingerprint density at radius 2 is 0.967 bits per heavy atom. The average Bonchev–Trinajstić information content (AvgIpc) is 3.26. The van der Waals surface area contributed by atoms with Crippen LogP contribution >= 0.6 is 0 Å². The second-order valence-electron chi connectivity index (χ2n) is 18.3. The molecule has 1 amide bonds. The Hall–Kier alpha value is -1.33. The summed E-state index contributed by atoms with van der Waals surface area (Å²) in [6.07, 6.45) is 44.9. The molecule has 0 radical (unpaired) electrons. The predicted molar refractivity (Wildman–Crippen MR) is 253 cm³/mol. The molecule has 1 fully saturated rings. The first kappa shape index (κ1) is 57.7. The van der Waals surface area contributed by atoms with Gasteiger partial charge >= 0.3 is 0 Å². The summed E-state index contributed by atoms with van der Waals surface area (Å²) in [6, 6.07) is -0.715. The largest absolute Gasteiger partial charge is 0.394 e. The zero-order valence-electron chi connectivity index (χ0n) is 39.7. The molecule has 0 aliphatic carbocycles. The maximum Gasteiger partial charge on any atom is 0.220 e. The molecule has 1 aliphatic heterocycles. The van der Waals surface area contributed by atoms with Crippen LogP contribution in [0, 0.1) is 0 Å². The zero-order chi connectivity index (χ0) is 44.4. The van der Waals surface area contributed by atoms with Crippen LogP contribution in [0.1, 0.15) is 245 Å². The monoisotopic (exact) mass is 866 g/mol. The lowest BCUT2D eigenvalue weighted by atomic mass is 9.99. The van der Waals surface area contributed by atoms with Gasteiger partial charge in [0, 0.05) is 6.42 Å². The first-order valence-electron chi connectivity index (χ1n) is 26.0. The van der Waals surface area contributed by atoms with E-state index in [1.54, 1.807) is 0 Å². The summed E-state index contributed by atoms with van der Waals surface area (Å²) < 4.78 is 11.3. The highest BCUT2D eigenvalue weighted by molar-refractivity contribution is 5.76. The van der Waals surface area contributed by atoms with Crippen molar-refractivity contribution < 1.29 is 39.8 Å². The fraction of sp³-hybridized carbons (Fsp3) is 0.904. The molecule has 360 valence electrons. The third kappa shape index (κ3) is 32.9. The van der Waals surface area contributed by atoms with Crippen LogP contribution in [0.4, 0.5) is 0 Å². The van der Waals surface area contributed by atoms with E-state index in [4.69, 9.17) is 9.47 Å². The minimum absolute atomic E-state index is 0.135. The summed E-state index contributed by atoms with van der Waals surface area (Å²) in [7, 11) is 0.